The average Bonchev–Trinajstić information content (AvgIpc) is 2.34. The van der Waals surface area contributed by atoms with Crippen molar-refractivity contribution in [3.63, 3.8) is 0 Å². The highest BCUT2D eigenvalue weighted by Gasteiger charge is 2.21. The van der Waals surface area contributed by atoms with Gasteiger partial charge < -0.3 is 9.84 Å². The van der Waals surface area contributed by atoms with Gasteiger partial charge in [-0.15, -0.1) is 11.8 Å². The molecule has 1 aromatic rings. The lowest BCUT2D eigenvalue weighted by molar-refractivity contribution is 0.0695. The second-order valence-electron chi connectivity index (χ2n) is 4.00. The van der Waals surface area contributed by atoms with Gasteiger partial charge in [-0.25, -0.2) is 13.6 Å². The summed E-state index contributed by atoms with van der Waals surface area (Å²) >= 11 is 1.12. The second kappa shape index (κ2) is 5.67. The summed E-state index contributed by atoms with van der Waals surface area (Å²) in [7, 11) is 0. The summed E-state index contributed by atoms with van der Waals surface area (Å²) in [5.74, 6) is -2.97. The molecule has 0 aliphatic carbocycles. The van der Waals surface area contributed by atoms with Crippen LogP contribution in [0.15, 0.2) is 17.0 Å². The summed E-state index contributed by atoms with van der Waals surface area (Å²) in [5.41, 5.74) is -0.374. The molecular weight excluding hydrogens is 262 g/mol. The average molecular weight is 274 g/mol. The number of ether oxygens (including phenoxy) is 1. The Morgan fingerprint density at radius 1 is 1.28 bits per heavy atom. The minimum atomic E-state index is -1.34. The van der Waals surface area contributed by atoms with Crippen molar-refractivity contribution in [3.8, 4) is 0 Å². The van der Waals surface area contributed by atoms with E-state index in [4.69, 9.17) is 9.84 Å². The molecule has 0 atom stereocenters. The first kappa shape index (κ1) is 13.3. The third-order valence-corrected chi connectivity index (χ3v) is 4.13. The molecule has 0 spiro atoms. The summed E-state index contributed by atoms with van der Waals surface area (Å²) in [4.78, 5) is 10.5. The highest BCUT2D eigenvalue weighted by molar-refractivity contribution is 8.00. The van der Waals surface area contributed by atoms with Gasteiger partial charge in [0.2, 0.25) is 0 Å². The van der Waals surface area contributed by atoms with Crippen molar-refractivity contribution in [1.29, 1.82) is 0 Å². The molecule has 1 saturated heterocycles. The van der Waals surface area contributed by atoms with Crippen LogP contribution in [0.25, 0.3) is 0 Å². The normalized spacial score (nSPS) is 16.8. The van der Waals surface area contributed by atoms with Crippen LogP contribution < -0.4 is 0 Å². The lowest BCUT2D eigenvalue weighted by Crippen LogP contribution is -2.17. The molecule has 98 valence electrons. The van der Waals surface area contributed by atoms with Gasteiger partial charge in [-0.2, -0.15) is 0 Å². The molecule has 0 bridgehead atoms. The van der Waals surface area contributed by atoms with Gasteiger partial charge in [0.25, 0.3) is 0 Å². The zero-order chi connectivity index (χ0) is 13.1. The van der Waals surface area contributed by atoms with Crippen molar-refractivity contribution in [1.82, 2.24) is 0 Å². The summed E-state index contributed by atoms with van der Waals surface area (Å²) in [5, 5.41) is 8.80. The van der Waals surface area contributed by atoms with Gasteiger partial charge in [0.05, 0.1) is 10.5 Å². The molecule has 1 aromatic carbocycles. The molecular formula is C12H12F2O3S. The summed E-state index contributed by atoms with van der Waals surface area (Å²) in [6, 6.07) is 1.71. The topological polar surface area (TPSA) is 46.5 Å². The maximum atomic E-state index is 13.7. The Morgan fingerprint density at radius 3 is 2.33 bits per heavy atom. The van der Waals surface area contributed by atoms with Gasteiger partial charge in [0, 0.05) is 18.5 Å². The maximum absolute atomic E-state index is 13.7. The predicted molar refractivity (Wildman–Crippen MR) is 63.0 cm³/mol. The molecule has 2 rings (SSSR count). The molecule has 6 heteroatoms. The summed E-state index contributed by atoms with van der Waals surface area (Å²) in [6.07, 6.45) is 1.48. The largest absolute Gasteiger partial charge is 0.478 e. The molecule has 1 heterocycles. The molecule has 3 nitrogen and oxygen atoms in total. The number of hydrogen-bond acceptors (Lipinski definition) is 3. The Hall–Kier alpha value is -1.14. The Morgan fingerprint density at radius 2 is 1.83 bits per heavy atom. The molecule has 0 unspecified atom stereocenters. The zero-order valence-corrected chi connectivity index (χ0v) is 10.3. The third kappa shape index (κ3) is 3.00. The smallest absolute Gasteiger partial charge is 0.335 e. The predicted octanol–water partition coefficient (Wildman–Crippen LogP) is 2.93. The molecule has 1 aliphatic heterocycles. The van der Waals surface area contributed by atoms with E-state index in [9.17, 15) is 13.6 Å². The van der Waals surface area contributed by atoms with Crippen molar-refractivity contribution in [3.05, 3.63) is 29.3 Å². The van der Waals surface area contributed by atoms with Crippen LogP contribution in [0.3, 0.4) is 0 Å². The number of carboxylic acid groups (broad SMARTS) is 1. The quantitative estimate of drug-likeness (QED) is 0.920. The van der Waals surface area contributed by atoms with E-state index >= 15 is 0 Å². The number of thioether (sulfide) groups is 1. The fourth-order valence-electron chi connectivity index (χ4n) is 1.76. The Kier molecular flexibility index (Phi) is 4.19. The van der Waals surface area contributed by atoms with E-state index < -0.39 is 17.6 Å². The van der Waals surface area contributed by atoms with E-state index in [1.165, 1.54) is 0 Å². The number of carbonyl (C=O) groups is 1. The van der Waals surface area contributed by atoms with Gasteiger partial charge >= 0.3 is 5.97 Å². The molecule has 0 amide bonds. The SMILES string of the molecule is O=C(O)c1cc(F)c(SC2CCOCC2)c(F)c1. The second-order valence-corrected chi connectivity index (χ2v) is 5.31. The fraction of sp³-hybridized carbons (Fsp3) is 0.417. The van der Waals surface area contributed by atoms with Gasteiger partial charge in [0.15, 0.2) is 0 Å². The molecule has 0 saturated carbocycles. The van der Waals surface area contributed by atoms with Gasteiger partial charge in [-0.3, -0.25) is 0 Å². The Balaban J connectivity index is 2.19. The fourth-order valence-corrected chi connectivity index (χ4v) is 2.86. The van der Waals surface area contributed by atoms with Crippen molar-refractivity contribution >= 4 is 17.7 Å². The number of benzene rings is 1. The Labute approximate surface area is 107 Å². The molecule has 1 fully saturated rings. The summed E-state index contributed by atoms with van der Waals surface area (Å²) in [6.45, 7) is 1.18. The number of carboxylic acids is 1. The summed E-state index contributed by atoms with van der Waals surface area (Å²) < 4.78 is 32.5. The lowest BCUT2D eigenvalue weighted by atomic mass is 10.2. The minimum Gasteiger partial charge on any atom is -0.478 e. The van der Waals surface area contributed by atoms with Gasteiger partial charge in [0.1, 0.15) is 11.6 Å². The number of hydrogen-bond donors (Lipinski definition) is 1. The minimum absolute atomic E-state index is 0.105. The van der Waals surface area contributed by atoms with Crippen LogP contribution in [0.5, 0.6) is 0 Å². The van der Waals surface area contributed by atoms with Crippen LogP contribution in [-0.4, -0.2) is 29.5 Å². The molecule has 0 aromatic heterocycles. The van der Waals surface area contributed by atoms with E-state index in [2.05, 4.69) is 0 Å². The molecule has 1 N–H and O–H groups in total. The van der Waals surface area contributed by atoms with E-state index in [0.717, 1.165) is 36.7 Å². The third-order valence-electron chi connectivity index (χ3n) is 2.70. The first-order valence-electron chi connectivity index (χ1n) is 5.54. The Bertz CT molecular complexity index is 436. The highest BCUT2D eigenvalue weighted by atomic mass is 32.2. The van der Waals surface area contributed by atoms with Crippen LogP contribution in [0.4, 0.5) is 8.78 Å². The number of rotatable bonds is 3. The van der Waals surface area contributed by atoms with E-state index in [1.54, 1.807) is 0 Å². The van der Waals surface area contributed by atoms with Gasteiger partial charge in [-0.05, 0) is 25.0 Å². The molecule has 18 heavy (non-hydrogen) atoms. The van der Waals surface area contributed by atoms with Crippen LogP contribution in [-0.2, 0) is 4.74 Å². The first-order chi connectivity index (χ1) is 8.58. The van der Waals surface area contributed by atoms with Crippen molar-refractivity contribution in [2.24, 2.45) is 0 Å². The van der Waals surface area contributed by atoms with E-state index in [-0.39, 0.29) is 15.7 Å². The number of halogens is 2. The van der Waals surface area contributed by atoms with Crippen LogP contribution >= 0.6 is 11.8 Å². The zero-order valence-electron chi connectivity index (χ0n) is 9.49. The first-order valence-corrected chi connectivity index (χ1v) is 6.42. The molecule has 1 aliphatic rings. The van der Waals surface area contributed by atoms with Crippen LogP contribution in [0.2, 0.25) is 0 Å². The van der Waals surface area contributed by atoms with E-state index in [1.807, 2.05) is 0 Å². The monoisotopic (exact) mass is 274 g/mol. The number of aromatic carboxylic acids is 1. The highest BCUT2D eigenvalue weighted by Crippen LogP contribution is 2.33. The standard InChI is InChI=1S/C12H12F2O3S/c13-9-5-7(12(15)16)6-10(14)11(9)18-8-1-3-17-4-2-8/h5-6,8H,1-4H2,(H,15,16). The maximum Gasteiger partial charge on any atom is 0.335 e. The molecule has 0 radical (unpaired) electrons. The van der Waals surface area contributed by atoms with Crippen LogP contribution in [0.1, 0.15) is 23.2 Å². The van der Waals surface area contributed by atoms with Gasteiger partial charge in [-0.1, -0.05) is 0 Å². The van der Waals surface area contributed by atoms with Crippen molar-refractivity contribution < 1.29 is 23.4 Å². The lowest BCUT2D eigenvalue weighted by Gasteiger charge is -2.21. The van der Waals surface area contributed by atoms with Crippen molar-refractivity contribution in [2.75, 3.05) is 13.2 Å². The van der Waals surface area contributed by atoms with E-state index in [0.29, 0.717) is 13.2 Å². The van der Waals surface area contributed by atoms with Crippen LogP contribution in [0, 0.1) is 11.6 Å². The van der Waals surface area contributed by atoms with Crippen molar-refractivity contribution in [2.45, 2.75) is 23.0 Å².